The van der Waals surface area contributed by atoms with Gasteiger partial charge in [0.1, 0.15) is 6.04 Å². The zero-order valence-corrected chi connectivity index (χ0v) is 23.1. The molecule has 2 aromatic carbocycles. The van der Waals surface area contributed by atoms with Crippen LogP contribution in [0.5, 0.6) is 0 Å². The van der Waals surface area contributed by atoms with E-state index in [4.69, 9.17) is 16.3 Å². The molecule has 3 atom stereocenters. The molecule has 3 N–H and O–H groups in total. The van der Waals surface area contributed by atoms with Crippen molar-refractivity contribution in [3.05, 3.63) is 64.2 Å². The van der Waals surface area contributed by atoms with Crippen LogP contribution in [0.2, 0.25) is 5.02 Å². The van der Waals surface area contributed by atoms with Crippen LogP contribution in [0.15, 0.2) is 42.5 Å². The van der Waals surface area contributed by atoms with Gasteiger partial charge in [0.25, 0.3) is 5.91 Å². The Bertz CT molecular complexity index is 1310. The van der Waals surface area contributed by atoms with Crippen LogP contribution in [0.3, 0.4) is 0 Å². The summed E-state index contributed by atoms with van der Waals surface area (Å²) in [6, 6.07) is 7.52. The number of hydrogen-bond acceptors (Lipinski definition) is 5. The van der Waals surface area contributed by atoms with Crippen molar-refractivity contribution in [1.82, 2.24) is 5.32 Å². The fourth-order valence-corrected chi connectivity index (χ4v) is 5.19. The van der Waals surface area contributed by atoms with Gasteiger partial charge in [0.2, 0.25) is 5.91 Å². The summed E-state index contributed by atoms with van der Waals surface area (Å²) in [6.07, 6.45) is -3.94. The zero-order chi connectivity index (χ0) is 30.0. The molecule has 3 rings (SSSR count). The highest BCUT2D eigenvalue weighted by Gasteiger charge is 2.58. The summed E-state index contributed by atoms with van der Waals surface area (Å²) >= 11 is 5.93. The van der Waals surface area contributed by atoms with Gasteiger partial charge in [-0.05, 0) is 61.1 Å². The van der Waals surface area contributed by atoms with Crippen LogP contribution in [0.4, 0.5) is 18.9 Å². The number of anilines is 1. The topological polar surface area (TPSA) is 122 Å². The number of benzene rings is 2. The number of ether oxygens (including phenoxy) is 1. The Balaban J connectivity index is 1.71. The van der Waals surface area contributed by atoms with E-state index in [1.165, 1.54) is 19.2 Å². The average Bonchev–Trinajstić information content (AvgIpc) is 3.13. The van der Waals surface area contributed by atoms with Gasteiger partial charge in [-0.2, -0.15) is 13.2 Å². The summed E-state index contributed by atoms with van der Waals surface area (Å²) < 4.78 is 44.0. The molecule has 1 fully saturated rings. The number of amides is 2. The summed E-state index contributed by atoms with van der Waals surface area (Å²) in [6.45, 7) is 5.07. The molecule has 0 aromatic heterocycles. The van der Waals surface area contributed by atoms with E-state index >= 15 is 0 Å². The minimum atomic E-state index is -4.64. The molecule has 40 heavy (non-hydrogen) atoms. The van der Waals surface area contributed by atoms with Gasteiger partial charge in [-0.25, -0.2) is 4.79 Å². The lowest BCUT2D eigenvalue weighted by Crippen LogP contribution is -2.50. The second-order valence-corrected chi connectivity index (χ2v) is 11.0. The number of methoxy groups -OCH3 is 1. The van der Waals surface area contributed by atoms with Crippen LogP contribution in [-0.2, 0) is 31.7 Å². The van der Waals surface area contributed by atoms with E-state index < -0.39 is 58.3 Å². The predicted octanol–water partition coefficient (Wildman–Crippen LogP) is 5.34. The highest BCUT2D eigenvalue weighted by molar-refractivity contribution is 6.34. The lowest BCUT2D eigenvalue weighted by molar-refractivity contribution is -0.156. The summed E-state index contributed by atoms with van der Waals surface area (Å²) in [5, 5.41) is 14.8. The van der Waals surface area contributed by atoms with Gasteiger partial charge in [0.05, 0.1) is 28.7 Å². The molecular weight excluding hydrogens is 553 g/mol. The van der Waals surface area contributed by atoms with Crippen LogP contribution in [0, 0.1) is 16.7 Å². The normalized spacial score (nSPS) is 20.9. The van der Waals surface area contributed by atoms with Gasteiger partial charge < -0.3 is 20.5 Å². The van der Waals surface area contributed by atoms with Crippen LogP contribution < -0.4 is 10.6 Å². The van der Waals surface area contributed by atoms with Crippen molar-refractivity contribution in [2.75, 3.05) is 12.4 Å². The Morgan fingerprint density at radius 2 is 1.73 bits per heavy atom. The van der Waals surface area contributed by atoms with Crippen LogP contribution >= 0.6 is 11.6 Å². The van der Waals surface area contributed by atoms with Crippen molar-refractivity contribution in [3.63, 3.8) is 0 Å². The maximum absolute atomic E-state index is 13.2. The summed E-state index contributed by atoms with van der Waals surface area (Å²) in [5.74, 6) is -3.61. The fraction of sp³-hybridized carbons (Fsp3) is 0.429. The Labute approximate surface area is 234 Å². The molecule has 0 heterocycles. The summed E-state index contributed by atoms with van der Waals surface area (Å²) in [7, 11) is 1.18. The summed E-state index contributed by atoms with van der Waals surface area (Å²) in [4.78, 5) is 50.1. The standard InChI is InChI=1S/C28H30ClF3N2O6/c1-26(2)19(11-12-27(26,3)25(38)39)23(36)34-21(24(37)40-4)13-15-5-8-17(9-6-15)33-22(35)18-14-16(28(30,31)32)7-10-20(18)29/h5-10,14,19,21H,11-13H2,1-4H3,(H,33,35)(H,34,36)(H,38,39)/t19-,21+,27+/m1/s1. The second-order valence-electron chi connectivity index (χ2n) is 10.6. The number of carbonyl (C=O) groups is 4. The Kier molecular flexibility index (Phi) is 8.88. The first-order valence-corrected chi connectivity index (χ1v) is 12.8. The third kappa shape index (κ3) is 6.24. The van der Waals surface area contributed by atoms with Crippen LogP contribution in [0.1, 0.15) is 55.1 Å². The van der Waals surface area contributed by atoms with Crippen molar-refractivity contribution >= 4 is 41.0 Å². The smallest absolute Gasteiger partial charge is 0.416 e. The van der Waals surface area contributed by atoms with Gasteiger partial charge in [-0.1, -0.05) is 37.6 Å². The number of hydrogen-bond donors (Lipinski definition) is 3. The first-order chi connectivity index (χ1) is 18.5. The number of nitrogens with one attached hydrogen (secondary N) is 2. The van der Waals surface area contributed by atoms with E-state index in [0.29, 0.717) is 24.5 Å². The highest BCUT2D eigenvalue weighted by atomic mass is 35.5. The SMILES string of the molecule is COC(=O)[C@H](Cc1ccc(NC(=O)c2cc(C(F)(F)F)ccc2Cl)cc1)NC(=O)[C@H]1CC[C@@](C)(C(=O)O)C1(C)C. The molecule has 0 unspecified atom stereocenters. The average molecular weight is 583 g/mol. The van der Waals surface area contributed by atoms with Gasteiger partial charge in [0, 0.05) is 18.0 Å². The fourth-order valence-electron chi connectivity index (χ4n) is 4.98. The van der Waals surface area contributed by atoms with E-state index in [1.807, 2.05) is 0 Å². The van der Waals surface area contributed by atoms with E-state index in [1.54, 1.807) is 32.9 Å². The Morgan fingerprint density at radius 3 is 2.25 bits per heavy atom. The van der Waals surface area contributed by atoms with Gasteiger partial charge >= 0.3 is 18.1 Å². The van der Waals surface area contributed by atoms with Crippen molar-refractivity contribution in [3.8, 4) is 0 Å². The molecule has 1 aliphatic carbocycles. The molecule has 1 aliphatic rings. The lowest BCUT2D eigenvalue weighted by Gasteiger charge is -2.38. The molecule has 2 amide bonds. The van der Waals surface area contributed by atoms with E-state index in [2.05, 4.69) is 10.6 Å². The molecule has 0 bridgehead atoms. The van der Waals surface area contributed by atoms with Crippen molar-refractivity contribution in [1.29, 1.82) is 0 Å². The quantitative estimate of drug-likeness (QED) is 0.361. The molecule has 8 nitrogen and oxygen atoms in total. The number of carboxylic acid groups (broad SMARTS) is 1. The number of esters is 1. The van der Waals surface area contributed by atoms with E-state index in [9.17, 15) is 37.5 Å². The number of alkyl halides is 3. The number of aliphatic carboxylic acids is 1. The molecule has 1 saturated carbocycles. The largest absolute Gasteiger partial charge is 0.481 e. The van der Waals surface area contributed by atoms with E-state index in [-0.39, 0.29) is 22.7 Å². The number of carbonyl (C=O) groups excluding carboxylic acids is 3. The van der Waals surface area contributed by atoms with Gasteiger partial charge in [0.15, 0.2) is 0 Å². The number of rotatable bonds is 8. The number of halogens is 4. The molecule has 0 radical (unpaired) electrons. The maximum Gasteiger partial charge on any atom is 0.416 e. The van der Waals surface area contributed by atoms with Gasteiger partial charge in [-0.15, -0.1) is 0 Å². The first kappa shape index (κ1) is 30.9. The van der Waals surface area contributed by atoms with Crippen molar-refractivity contribution in [2.24, 2.45) is 16.7 Å². The van der Waals surface area contributed by atoms with Crippen LogP contribution in [0.25, 0.3) is 0 Å². The van der Waals surface area contributed by atoms with Crippen molar-refractivity contribution in [2.45, 2.75) is 52.3 Å². The minimum Gasteiger partial charge on any atom is -0.481 e. The van der Waals surface area contributed by atoms with E-state index in [0.717, 1.165) is 12.1 Å². The molecule has 0 spiro atoms. The Morgan fingerprint density at radius 1 is 1.10 bits per heavy atom. The monoisotopic (exact) mass is 582 g/mol. The molecule has 0 saturated heterocycles. The third-order valence-corrected chi connectivity index (χ3v) is 8.34. The molecule has 216 valence electrons. The van der Waals surface area contributed by atoms with Crippen LogP contribution in [-0.4, -0.2) is 42.0 Å². The Hall–Kier alpha value is -3.60. The summed E-state index contributed by atoms with van der Waals surface area (Å²) in [5.41, 5.74) is -2.47. The third-order valence-electron chi connectivity index (χ3n) is 8.01. The molecule has 12 heteroatoms. The zero-order valence-electron chi connectivity index (χ0n) is 22.3. The van der Waals surface area contributed by atoms with Crippen molar-refractivity contribution < 1.29 is 42.2 Å². The first-order valence-electron chi connectivity index (χ1n) is 12.4. The molecule has 2 aromatic rings. The highest BCUT2D eigenvalue weighted by Crippen LogP contribution is 2.56. The predicted molar refractivity (Wildman–Crippen MR) is 141 cm³/mol. The lowest BCUT2D eigenvalue weighted by atomic mass is 9.65. The second kappa shape index (κ2) is 11.5. The minimum absolute atomic E-state index is 0.0371. The number of carboxylic acids is 1. The van der Waals surface area contributed by atoms with Gasteiger partial charge in [-0.3, -0.25) is 14.4 Å². The maximum atomic E-state index is 13.2. The molecule has 0 aliphatic heterocycles. The molecular formula is C28H30ClF3N2O6.